The number of ether oxygens (including phenoxy) is 2. The molecule has 1 N–H and O–H groups in total. The van der Waals surface area contributed by atoms with E-state index in [1.165, 1.54) is 43.3 Å². The van der Waals surface area contributed by atoms with E-state index in [2.05, 4.69) is 5.32 Å². The van der Waals surface area contributed by atoms with Crippen molar-refractivity contribution >= 4 is 35.1 Å². The maximum Gasteiger partial charge on any atom is 0.338 e. The number of imide groups is 1. The third-order valence-electron chi connectivity index (χ3n) is 5.62. The monoisotopic (exact) mass is 490 g/mol. The minimum Gasteiger partial charge on any atom is -0.494 e. The average molecular weight is 490 g/mol. The molecule has 0 fully saturated rings. The van der Waals surface area contributed by atoms with Crippen molar-refractivity contribution < 1.29 is 33.0 Å². The van der Waals surface area contributed by atoms with Gasteiger partial charge in [0.2, 0.25) is 0 Å². The summed E-state index contributed by atoms with van der Waals surface area (Å²) in [5, 5.41) is 2.49. The molecular weight excluding hydrogens is 467 g/mol. The number of aryl methyl sites for hydroxylation is 1. The Morgan fingerprint density at radius 2 is 1.67 bits per heavy atom. The van der Waals surface area contributed by atoms with E-state index in [-0.39, 0.29) is 22.4 Å². The van der Waals surface area contributed by atoms with Gasteiger partial charge in [0.15, 0.2) is 6.10 Å². The van der Waals surface area contributed by atoms with E-state index in [1.807, 2.05) is 6.92 Å². The number of hydrogen-bond donors (Lipinski definition) is 1. The van der Waals surface area contributed by atoms with E-state index >= 15 is 0 Å². The highest BCUT2D eigenvalue weighted by atomic mass is 19.1. The summed E-state index contributed by atoms with van der Waals surface area (Å²) in [4.78, 5) is 51.9. The largest absolute Gasteiger partial charge is 0.494 e. The molecular formula is C27H23FN2O6. The molecule has 0 saturated heterocycles. The Kier molecular flexibility index (Phi) is 6.82. The third-order valence-corrected chi connectivity index (χ3v) is 5.62. The summed E-state index contributed by atoms with van der Waals surface area (Å²) >= 11 is 0. The minimum atomic E-state index is -1.20. The van der Waals surface area contributed by atoms with Crippen molar-refractivity contribution in [3.05, 3.63) is 88.7 Å². The lowest BCUT2D eigenvalue weighted by Gasteiger charge is -2.14. The molecule has 1 atom stereocenters. The van der Waals surface area contributed by atoms with Gasteiger partial charge in [-0.2, -0.15) is 0 Å². The predicted molar refractivity (Wildman–Crippen MR) is 130 cm³/mol. The normalized spacial score (nSPS) is 13.3. The first-order valence-electron chi connectivity index (χ1n) is 11.2. The molecule has 3 aromatic carbocycles. The van der Waals surface area contributed by atoms with Crippen molar-refractivity contribution in [3.8, 4) is 5.75 Å². The lowest BCUT2D eigenvalue weighted by Crippen LogP contribution is -2.30. The maximum atomic E-state index is 13.7. The first-order valence-corrected chi connectivity index (χ1v) is 11.2. The second-order valence-corrected chi connectivity index (χ2v) is 8.13. The molecule has 0 radical (unpaired) electrons. The Balaban J connectivity index is 1.46. The molecule has 4 rings (SSSR count). The van der Waals surface area contributed by atoms with E-state index in [0.29, 0.717) is 23.6 Å². The number of amides is 3. The Labute approximate surface area is 206 Å². The zero-order valence-electron chi connectivity index (χ0n) is 19.8. The first-order chi connectivity index (χ1) is 17.2. The lowest BCUT2D eigenvalue weighted by atomic mass is 10.1. The van der Waals surface area contributed by atoms with Gasteiger partial charge in [-0.25, -0.2) is 14.1 Å². The van der Waals surface area contributed by atoms with Gasteiger partial charge in [0.05, 0.1) is 29.0 Å². The summed E-state index contributed by atoms with van der Waals surface area (Å²) in [7, 11) is 0. The van der Waals surface area contributed by atoms with Crippen LogP contribution in [0.25, 0.3) is 0 Å². The molecule has 9 heteroatoms. The van der Waals surface area contributed by atoms with Crippen LogP contribution in [0.15, 0.2) is 60.7 Å². The molecule has 1 unspecified atom stereocenters. The van der Waals surface area contributed by atoms with E-state index < -0.39 is 35.6 Å². The van der Waals surface area contributed by atoms with E-state index in [4.69, 9.17) is 9.47 Å². The molecule has 1 aliphatic heterocycles. The Hall–Kier alpha value is -4.53. The zero-order chi connectivity index (χ0) is 26.0. The number of rotatable bonds is 7. The van der Waals surface area contributed by atoms with Crippen LogP contribution in [0.2, 0.25) is 0 Å². The van der Waals surface area contributed by atoms with Crippen LogP contribution >= 0.6 is 0 Å². The lowest BCUT2D eigenvalue weighted by molar-refractivity contribution is -0.123. The number of anilines is 2. The molecule has 0 aliphatic carbocycles. The minimum absolute atomic E-state index is 0.00414. The molecule has 0 aromatic heterocycles. The van der Waals surface area contributed by atoms with Crippen LogP contribution in [0.1, 0.15) is 50.5 Å². The standard InChI is InChI=1S/C27H23FN2O6/c1-4-35-20-10-8-19(9-11-20)30-25(32)21-12-6-17(13-22(21)26(30)33)27(34)36-16(3)24(31)29-18-7-5-15(2)23(28)14-18/h5-14,16H,4H2,1-3H3,(H,29,31). The Morgan fingerprint density at radius 3 is 2.33 bits per heavy atom. The molecule has 0 spiro atoms. The molecule has 184 valence electrons. The van der Waals surface area contributed by atoms with Crippen LogP contribution < -0.4 is 15.0 Å². The van der Waals surface area contributed by atoms with Crippen LogP contribution in [0, 0.1) is 12.7 Å². The maximum absolute atomic E-state index is 13.7. The van der Waals surface area contributed by atoms with Crippen LogP contribution in [-0.4, -0.2) is 36.4 Å². The van der Waals surface area contributed by atoms with Gasteiger partial charge in [0, 0.05) is 5.69 Å². The molecule has 0 bridgehead atoms. The fourth-order valence-corrected chi connectivity index (χ4v) is 3.66. The molecule has 1 aliphatic rings. The van der Waals surface area contributed by atoms with Crippen molar-refractivity contribution in [1.29, 1.82) is 0 Å². The second-order valence-electron chi connectivity index (χ2n) is 8.13. The molecule has 8 nitrogen and oxygen atoms in total. The zero-order valence-corrected chi connectivity index (χ0v) is 19.8. The third kappa shape index (κ3) is 4.81. The number of halogens is 1. The van der Waals surface area contributed by atoms with E-state index in [0.717, 1.165) is 4.90 Å². The van der Waals surface area contributed by atoms with Gasteiger partial charge in [-0.1, -0.05) is 6.07 Å². The number of carbonyl (C=O) groups is 4. The summed E-state index contributed by atoms with van der Waals surface area (Å²) in [6.07, 6.45) is -1.20. The smallest absolute Gasteiger partial charge is 0.338 e. The van der Waals surface area contributed by atoms with Crippen molar-refractivity contribution in [2.24, 2.45) is 0 Å². The molecule has 3 aromatic rings. The summed E-state index contributed by atoms with van der Waals surface area (Å²) in [6.45, 7) is 5.29. The van der Waals surface area contributed by atoms with Gasteiger partial charge in [0.1, 0.15) is 11.6 Å². The van der Waals surface area contributed by atoms with Crippen LogP contribution in [-0.2, 0) is 9.53 Å². The van der Waals surface area contributed by atoms with Crippen molar-refractivity contribution in [2.45, 2.75) is 26.9 Å². The molecule has 1 heterocycles. The van der Waals surface area contributed by atoms with Gasteiger partial charge in [-0.05, 0) is 80.9 Å². The van der Waals surface area contributed by atoms with Crippen molar-refractivity contribution in [3.63, 3.8) is 0 Å². The average Bonchev–Trinajstić information content (AvgIpc) is 3.11. The fourth-order valence-electron chi connectivity index (χ4n) is 3.66. The SMILES string of the molecule is CCOc1ccc(N2C(=O)c3ccc(C(=O)OC(C)C(=O)Nc4ccc(C)c(F)c4)cc3C2=O)cc1. The molecule has 36 heavy (non-hydrogen) atoms. The number of fused-ring (bicyclic) bond motifs is 1. The topological polar surface area (TPSA) is 102 Å². The number of nitrogens with zero attached hydrogens (tertiary/aromatic N) is 1. The highest BCUT2D eigenvalue weighted by molar-refractivity contribution is 6.34. The number of hydrogen-bond acceptors (Lipinski definition) is 6. The Morgan fingerprint density at radius 1 is 0.972 bits per heavy atom. The number of benzene rings is 3. The molecule has 3 amide bonds. The van der Waals surface area contributed by atoms with Crippen LogP contribution in [0.3, 0.4) is 0 Å². The first kappa shape index (κ1) is 24.6. The van der Waals surface area contributed by atoms with Gasteiger partial charge in [-0.15, -0.1) is 0 Å². The summed E-state index contributed by atoms with van der Waals surface area (Å²) in [5.74, 6) is -2.48. The number of esters is 1. The summed E-state index contributed by atoms with van der Waals surface area (Å²) in [5.41, 5.74) is 1.23. The van der Waals surface area contributed by atoms with E-state index in [1.54, 1.807) is 31.2 Å². The van der Waals surface area contributed by atoms with Gasteiger partial charge < -0.3 is 14.8 Å². The number of carbonyl (C=O) groups excluding carboxylic acids is 4. The van der Waals surface area contributed by atoms with E-state index in [9.17, 15) is 23.6 Å². The predicted octanol–water partition coefficient (Wildman–Crippen LogP) is 4.52. The van der Waals surface area contributed by atoms with Gasteiger partial charge >= 0.3 is 5.97 Å². The number of nitrogens with one attached hydrogen (secondary N) is 1. The highest BCUT2D eigenvalue weighted by Crippen LogP contribution is 2.30. The highest BCUT2D eigenvalue weighted by Gasteiger charge is 2.37. The summed E-state index contributed by atoms with van der Waals surface area (Å²) < 4.78 is 24.3. The van der Waals surface area contributed by atoms with Crippen molar-refractivity contribution in [1.82, 2.24) is 0 Å². The van der Waals surface area contributed by atoms with Crippen molar-refractivity contribution in [2.75, 3.05) is 16.8 Å². The van der Waals surface area contributed by atoms with Crippen LogP contribution in [0.5, 0.6) is 5.75 Å². The van der Waals surface area contributed by atoms with Gasteiger partial charge in [0.25, 0.3) is 17.7 Å². The van der Waals surface area contributed by atoms with Gasteiger partial charge in [-0.3, -0.25) is 14.4 Å². The fraction of sp³-hybridized carbons (Fsp3) is 0.185. The quantitative estimate of drug-likeness (QED) is 0.386. The summed E-state index contributed by atoms with van der Waals surface area (Å²) in [6, 6.07) is 14.7. The van der Waals surface area contributed by atoms with Crippen LogP contribution in [0.4, 0.5) is 15.8 Å². The Bertz CT molecular complexity index is 1370. The molecule has 0 saturated carbocycles. The second kappa shape index (κ2) is 9.99.